The number of para-hydroxylation sites is 1. The van der Waals surface area contributed by atoms with Gasteiger partial charge in [-0.2, -0.15) is 0 Å². The van der Waals surface area contributed by atoms with Crippen molar-refractivity contribution in [2.24, 2.45) is 5.73 Å². The summed E-state index contributed by atoms with van der Waals surface area (Å²) in [6.45, 7) is 0.456. The summed E-state index contributed by atoms with van der Waals surface area (Å²) in [6.07, 6.45) is 0.835. The monoisotopic (exact) mass is 353 g/mol. The molecule has 0 saturated heterocycles. The summed E-state index contributed by atoms with van der Waals surface area (Å²) in [5.41, 5.74) is 8.18. The zero-order valence-corrected chi connectivity index (χ0v) is 14.2. The van der Waals surface area contributed by atoms with E-state index in [0.717, 1.165) is 11.1 Å². The van der Waals surface area contributed by atoms with E-state index in [1.54, 1.807) is 12.1 Å². The molecule has 0 unspecified atom stereocenters. The Morgan fingerprint density at radius 1 is 1.15 bits per heavy atom. The highest BCUT2D eigenvalue weighted by Gasteiger charge is 2.37. The van der Waals surface area contributed by atoms with Crippen molar-refractivity contribution in [2.45, 2.75) is 31.6 Å². The highest BCUT2D eigenvalue weighted by Crippen LogP contribution is 2.36. The molecule has 2 aromatic rings. The smallest absolute Gasteiger partial charge is 0.526 e. The van der Waals surface area contributed by atoms with Crippen molar-refractivity contribution in [3.05, 3.63) is 64.7 Å². The molecule has 4 N–H and O–H groups in total. The third-order valence-corrected chi connectivity index (χ3v) is 4.60. The zero-order valence-electron chi connectivity index (χ0n) is 14.2. The van der Waals surface area contributed by atoms with Crippen LogP contribution in [0.2, 0.25) is 5.82 Å². The minimum atomic E-state index is -1.20. The lowest BCUT2D eigenvalue weighted by Crippen LogP contribution is -2.36. The first-order valence-electron chi connectivity index (χ1n) is 8.47. The topological polar surface area (TPSA) is 110 Å². The summed E-state index contributed by atoms with van der Waals surface area (Å²) in [7, 11) is -1.20. The fourth-order valence-electron chi connectivity index (χ4n) is 3.21. The van der Waals surface area contributed by atoms with Crippen LogP contribution in [0.15, 0.2) is 42.5 Å². The Morgan fingerprint density at radius 2 is 1.85 bits per heavy atom. The van der Waals surface area contributed by atoms with E-state index in [-0.39, 0.29) is 29.9 Å². The first-order valence-corrected chi connectivity index (χ1v) is 8.47. The molecule has 1 atom stereocenters. The van der Waals surface area contributed by atoms with E-state index in [2.05, 4.69) is 0 Å². The number of ketones is 1. The van der Waals surface area contributed by atoms with Crippen LogP contribution in [-0.2, 0) is 24.2 Å². The number of benzene rings is 2. The lowest BCUT2D eigenvalue weighted by Gasteiger charge is -2.28. The number of aromatic carboxylic acids is 1. The summed E-state index contributed by atoms with van der Waals surface area (Å²) in [4.78, 5) is 23.6. The molecule has 0 spiro atoms. The third-order valence-electron chi connectivity index (χ3n) is 4.60. The van der Waals surface area contributed by atoms with Gasteiger partial charge in [-0.3, -0.25) is 4.79 Å². The molecular weight excluding hydrogens is 333 g/mol. The zero-order chi connectivity index (χ0) is 18.7. The van der Waals surface area contributed by atoms with Gasteiger partial charge in [0.05, 0.1) is 5.56 Å². The van der Waals surface area contributed by atoms with E-state index in [9.17, 15) is 19.7 Å². The van der Waals surface area contributed by atoms with E-state index in [1.807, 2.05) is 24.3 Å². The van der Waals surface area contributed by atoms with Crippen molar-refractivity contribution in [3.63, 3.8) is 0 Å². The molecule has 0 saturated carbocycles. The largest absolute Gasteiger partial charge is 0.535 e. The van der Waals surface area contributed by atoms with Gasteiger partial charge in [0.25, 0.3) is 0 Å². The number of hydrogen-bond acceptors (Lipinski definition) is 5. The van der Waals surface area contributed by atoms with Crippen LogP contribution in [0, 0.1) is 0 Å². The molecular formula is C19H20BNO5. The lowest BCUT2D eigenvalue weighted by atomic mass is 9.64. The normalized spacial score (nSPS) is 15.9. The Morgan fingerprint density at radius 3 is 2.50 bits per heavy atom. The van der Waals surface area contributed by atoms with Gasteiger partial charge in [0.1, 0.15) is 11.5 Å². The molecule has 7 heteroatoms. The molecule has 1 aliphatic heterocycles. The van der Waals surface area contributed by atoms with Crippen LogP contribution < -0.4 is 10.4 Å². The number of fused-ring (bicyclic) bond motifs is 1. The van der Waals surface area contributed by atoms with E-state index >= 15 is 0 Å². The van der Waals surface area contributed by atoms with Crippen LogP contribution in [0.1, 0.15) is 33.5 Å². The summed E-state index contributed by atoms with van der Waals surface area (Å²) >= 11 is 0. The van der Waals surface area contributed by atoms with Crippen LogP contribution in [0.5, 0.6) is 5.75 Å². The predicted octanol–water partition coefficient (Wildman–Crippen LogP) is 1.83. The number of Topliss-reactive ketones (excluding diaryl/α,β-unsaturated/α-hetero) is 1. The Balaban J connectivity index is 1.67. The molecule has 26 heavy (non-hydrogen) atoms. The van der Waals surface area contributed by atoms with E-state index in [0.29, 0.717) is 18.5 Å². The number of carbonyl (C=O) groups is 2. The molecule has 0 fully saturated rings. The van der Waals surface area contributed by atoms with Crippen molar-refractivity contribution in [1.82, 2.24) is 0 Å². The quantitative estimate of drug-likeness (QED) is 0.684. The molecule has 1 heterocycles. The highest BCUT2D eigenvalue weighted by atomic mass is 16.5. The molecule has 6 nitrogen and oxygen atoms in total. The van der Waals surface area contributed by atoms with Crippen molar-refractivity contribution >= 4 is 18.9 Å². The molecule has 0 aromatic heterocycles. The van der Waals surface area contributed by atoms with Crippen molar-refractivity contribution in [1.29, 1.82) is 0 Å². The second kappa shape index (κ2) is 7.72. The van der Waals surface area contributed by atoms with Gasteiger partial charge in [0.15, 0.2) is 0 Å². The van der Waals surface area contributed by atoms with Crippen molar-refractivity contribution in [3.8, 4) is 5.75 Å². The number of carboxylic acids is 1. The summed E-state index contributed by atoms with van der Waals surface area (Å²) in [6, 6.07) is 12.4. The summed E-state index contributed by atoms with van der Waals surface area (Å²) in [5.74, 6) is -1.32. The van der Waals surface area contributed by atoms with Gasteiger partial charge < -0.3 is 20.5 Å². The maximum atomic E-state index is 12.4. The lowest BCUT2D eigenvalue weighted by molar-refractivity contribution is -0.118. The molecule has 0 bridgehead atoms. The van der Waals surface area contributed by atoms with Crippen molar-refractivity contribution in [2.75, 3.05) is 0 Å². The average Bonchev–Trinajstić information content (AvgIpc) is 2.62. The molecule has 1 aliphatic rings. The van der Waals surface area contributed by atoms with E-state index in [1.165, 1.54) is 6.07 Å². The summed E-state index contributed by atoms with van der Waals surface area (Å²) in [5, 5.41) is 19.4. The fraction of sp³-hybridized carbons (Fsp3) is 0.263. The van der Waals surface area contributed by atoms with Gasteiger partial charge in [-0.15, -0.1) is 0 Å². The molecule has 0 aliphatic carbocycles. The van der Waals surface area contributed by atoms with Gasteiger partial charge in [0.2, 0.25) is 0 Å². The first-order chi connectivity index (χ1) is 12.5. The maximum Gasteiger partial charge on any atom is 0.526 e. The minimum absolute atomic E-state index is 0.00372. The second-order valence-electron chi connectivity index (χ2n) is 6.51. The molecule has 0 amide bonds. The van der Waals surface area contributed by atoms with E-state index in [4.69, 9.17) is 10.4 Å². The second-order valence-corrected chi connectivity index (χ2v) is 6.51. The highest BCUT2D eigenvalue weighted by molar-refractivity contribution is 6.47. The van der Waals surface area contributed by atoms with Crippen molar-refractivity contribution < 1.29 is 24.4 Å². The Hall–Kier alpha value is -2.64. The van der Waals surface area contributed by atoms with Crippen LogP contribution >= 0.6 is 0 Å². The average molecular weight is 353 g/mol. The van der Waals surface area contributed by atoms with Gasteiger partial charge in [-0.05, 0) is 29.2 Å². The predicted molar refractivity (Wildman–Crippen MR) is 97.1 cm³/mol. The maximum absolute atomic E-state index is 12.4. The summed E-state index contributed by atoms with van der Waals surface area (Å²) < 4.78 is 5.43. The van der Waals surface area contributed by atoms with Crippen LogP contribution in [0.25, 0.3) is 0 Å². The first kappa shape index (κ1) is 18.2. The van der Waals surface area contributed by atoms with E-state index < -0.39 is 18.9 Å². The molecule has 134 valence electrons. The number of carbonyl (C=O) groups excluding carboxylic acids is 1. The number of hydrogen-bond donors (Lipinski definition) is 3. The molecule has 3 rings (SSSR count). The standard InChI is InChI=1S/C19H20BNO5/c21-11-13-6-4-12(5-7-13)8-16(22)10-15-9-14-2-1-3-17(19(23)24)18(14)26-20(15)25/h1-7,15,25H,8-11,21H2,(H,23,24)/t15-/m1/s1. The third kappa shape index (κ3) is 3.95. The van der Waals surface area contributed by atoms with Gasteiger partial charge >= 0.3 is 13.1 Å². The molecule has 2 aromatic carbocycles. The fourth-order valence-corrected chi connectivity index (χ4v) is 3.21. The molecule has 0 radical (unpaired) electrons. The van der Waals surface area contributed by atoms with Gasteiger partial charge in [-0.1, -0.05) is 36.4 Å². The minimum Gasteiger partial charge on any atom is -0.535 e. The van der Waals surface area contributed by atoms with Crippen LogP contribution in [0.4, 0.5) is 0 Å². The Kier molecular flexibility index (Phi) is 5.39. The van der Waals surface area contributed by atoms with Gasteiger partial charge in [0, 0.05) is 25.2 Å². The Bertz CT molecular complexity index is 821. The SMILES string of the molecule is NCc1ccc(CC(=O)C[C@H]2Cc3cccc(C(=O)O)c3OB2O)cc1. The number of carboxylic acid groups (broad SMARTS) is 1. The Labute approximate surface area is 151 Å². The van der Waals surface area contributed by atoms with Gasteiger partial charge in [-0.25, -0.2) is 4.79 Å². The number of nitrogens with two attached hydrogens (primary N) is 1. The van der Waals surface area contributed by atoms with Crippen LogP contribution in [-0.4, -0.2) is 29.0 Å². The number of rotatable bonds is 6. The van der Waals surface area contributed by atoms with Crippen LogP contribution in [0.3, 0.4) is 0 Å².